The zero-order chi connectivity index (χ0) is 14.8. The van der Waals surface area contributed by atoms with Crippen LogP contribution in [0.3, 0.4) is 0 Å². The van der Waals surface area contributed by atoms with Gasteiger partial charge in [0.2, 0.25) is 0 Å². The van der Waals surface area contributed by atoms with Crippen molar-refractivity contribution in [2.24, 2.45) is 0 Å². The molecule has 0 heterocycles. The average Bonchev–Trinajstić information content (AvgIpc) is 2.48. The van der Waals surface area contributed by atoms with Gasteiger partial charge in [0.1, 0.15) is 5.75 Å². The summed E-state index contributed by atoms with van der Waals surface area (Å²) < 4.78 is 5.91. The molecule has 110 valence electrons. The van der Waals surface area contributed by atoms with Gasteiger partial charge in [-0.3, -0.25) is 0 Å². The monoisotopic (exact) mass is 301 g/mol. The van der Waals surface area contributed by atoms with Crippen molar-refractivity contribution in [3.63, 3.8) is 0 Å². The summed E-state index contributed by atoms with van der Waals surface area (Å²) in [6.07, 6.45) is 1.10. The molecule has 3 heteroatoms. The van der Waals surface area contributed by atoms with Crippen LogP contribution in [0.4, 0.5) is 0 Å². The molecule has 0 aromatic heterocycles. The van der Waals surface area contributed by atoms with Gasteiger partial charge in [0, 0.05) is 12.0 Å². The van der Waals surface area contributed by atoms with Crippen LogP contribution < -0.4 is 10.1 Å². The summed E-state index contributed by atoms with van der Waals surface area (Å²) in [5.41, 5.74) is 4.02. The Labute approximate surface area is 131 Å². The SMILES string of the molecule is CNC(C)c1ccc(OCC2Cc3ccccc32)c(Cl)c1. The lowest BCUT2D eigenvalue weighted by atomic mass is 9.78. The normalized spacial score (nSPS) is 17.8. The number of benzene rings is 2. The number of hydrogen-bond acceptors (Lipinski definition) is 2. The summed E-state index contributed by atoms with van der Waals surface area (Å²) in [6, 6.07) is 14.9. The zero-order valence-corrected chi connectivity index (χ0v) is 13.2. The van der Waals surface area contributed by atoms with Crippen molar-refractivity contribution in [2.75, 3.05) is 13.7 Å². The lowest BCUT2D eigenvalue weighted by Gasteiger charge is -2.30. The molecular formula is C18H20ClNO. The Morgan fingerprint density at radius 1 is 1.29 bits per heavy atom. The zero-order valence-electron chi connectivity index (χ0n) is 12.4. The third-order valence-electron chi connectivity index (χ3n) is 4.29. The Kier molecular flexibility index (Phi) is 4.18. The summed E-state index contributed by atoms with van der Waals surface area (Å²) in [5, 5.41) is 3.89. The van der Waals surface area contributed by atoms with E-state index in [9.17, 15) is 0 Å². The molecule has 1 N–H and O–H groups in total. The average molecular weight is 302 g/mol. The Balaban J connectivity index is 1.64. The Bertz CT molecular complexity index is 641. The first-order valence-electron chi connectivity index (χ1n) is 7.36. The second kappa shape index (κ2) is 6.08. The lowest BCUT2D eigenvalue weighted by molar-refractivity contribution is 0.275. The second-order valence-corrected chi connectivity index (χ2v) is 6.02. The maximum Gasteiger partial charge on any atom is 0.137 e. The Hall–Kier alpha value is -1.51. The summed E-state index contributed by atoms with van der Waals surface area (Å²) in [4.78, 5) is 0. The molecule has 1 aliphatic rings. The van der Waals surface area contributed by atoms with Gasteiger partial charge in [-0.1, -0.05) is 41.9 Å². The van der Waals surface area contributed by atoms with Gasteiger partial charge in [0.25, 0.3) is 0 Å². The van der Waals surface area contributed by atoms with Crippen molar-refractivity contribution in [2.45, 2.75) is 25.3 Å². The first-order valence-corrected chi connectivity index (χ1v) is 7.74. The number of rotatable bonds is 5. The van der Waals surface area contributed by atoms with Gasteiger partial charge in [-0.05, 0) is 49.2 Å². The minimum atomic E-state index is 0.287. The van der Waals surface area contributed by atoms with E-state index in [2.05, 4.69) is 42.6 Å². The van der Waals surface area contributed by atoms with E-state index >= 15 is 0 Å². The summed E-state index contributed by atoms with van der Waals surface area (Å²) in [6.45, 7) is 2.80. The molecule has 0 radical (unpaired) electrons. The largest absolute Gasteiger partial charge is 0.491 e. The highest BCUT2D eigenvalue weighted by molar-refractivity contribution is 6.32. The van der Waals surface area contributed by atoms with Gasteiger partial charge in [-0.25, -0.2) is 0 Å². The van der Waals surface area contributed by atoms with E-state index < -0.39 is 0 Å². The highest BCUT2D eigenvalue weighted by atomic mass is 35.5. The molecule has 0 bridgehead atoms. The Morgan fingerprint density at radius 2 is 2.10 bits per heavy atom. The van der Waals surface area contributed by atoms with Crippen LogP contribution in [0.2, 0.25) is 5.02 Å². The molecule has 0 spiro atoms. The molecule has 2 aromatic carbocycles. The van der Waals surface area contributed by atoms with Gasteiger partial charge in [0.05, 0.1) is 11.6 Å². The molecule has 2 nitrogen and oxygen atoms in total. The standard InChI is InChI=1S/C18H20ClNO/c1-12(20-2)13-7-8-18(17(19)10-13)21-11-15-9-14-5-3-4-6-16(14)15/h3-8,10,12,15,20H,9,11H2,1-2H3. The maximum atomic E-state index is 6.32. The first kappa shape index (κ1) is 14.4. The number of nitrogens with one attached hydrogen (secondary N) is 1. The fourth-order valence-corrected chi connectivity index (χ4v) is 3.02. The fourth-order valence-electron chi connectivity index (χ4n) is 2.77. The number of halogens is 1. The van der Waals surface area contributed by atoms with Gasteiger partial charge in [-0.15, -0.1) is 0 Å². The molecular weight excluding hydrogens is 282 g/mol. The molecule has 0 saturated heterocycles. The molecule has 0 amide bonds. The van der Waals surface area contributed by atoms with E-state index in [0.717, 1.165) is 12.2 Å². The summed E-state index contributed by atoms with van der Waals surface area (Å²) >= 11 is 6.32. The van der Waals surface area contributed by atoms with E-state index in [0.29, 0.717) is 17.5 Å². The lowest BCUT2D eigenvalue weighted by Crippen LogP contribution is -2.23. The molecule has 3 rings (SSSR count). The predicted octanol–water partition coefficient (Wildman–Crippen LogP) is 4.34. The van der Waals surface area contributed by atoms with Crippen LogP contribution in [-0.2, 0) is 6.42 Å². The predicted molar refractivity (Wildman–Crippen MR) is 87.3 cm³/mol. The van der Waals surface area contributed by atoms with Crippen LogP contribution in [0.5, 0.6) is 5.75 Å². The van der Waals surface area contributed by atoms with Crippen LogP contribution in [-0.4, -0.2) is 13.7 Å². The van der Waals surface area contributed by atoms with Gasteiger partial charge < -0.3 is 10.1 Å². The van der Waals surface area contributed by atoms with E-state index in [1.807, 2.05) is 19.2 Å². The van der Waals surface area contributed by atoms with Crippen molar-refractivity contribution in [1.82, 2.24) is 5.32 Å². The molecule has 1 aliphatic carbocycles. The van der Waals surface area contributed by atoms with Gasteiger partial charge >= 0.3 is 0 Å². The smallest absolute Gasteiger partial charge is 0.137 e. The molecule has 2 aromatic rings. The maximum absolute atomic E-state index is 6.32. The van der Waals surface area contributed by atoms with Crippen LogP contribution >= 0.6 is 11.6 Å². The molecule has 2 unspecified atom stereocenters. The van der Waals surface area contributed by atoms with E-state index in [4.69, 9.17) is 16.3 Å². The number of hydrogen-bond donors (Lipinski definition) is 1. The quantitative estimate of drug-likeness (QED) is 0.887. The van der Waals surface area contributed by atoms with Crippen LogP contribution in [0, 0.1) is 0 Å². The molecule has 0 fully saturated rings. The highest BCUT2D eigenvalue weighted by Gasteiger charge is 2.26. The molecule has 0 saturated carbocycles. The minimum Gasteiger partial charge on any atom is -0.491 e. The first-order chi connectivity index (χ1) is 10.2. The van der Waals surface area contributed by atoms with Crippen molar-refractivity contribution in [1.29, 1.82) is 0 Å². The highest BCUT2D eigenvalue weighted by Crippen LogP contribution is 2.36. The number of fused-ring (bicyclic) bond motifs is 1. The molecule has 0 aliphatic heterocycles. The van der Waals surface area contributed by atoms with E-state index in [1.54, 1.807) is 0 Å². The summed E-state index contributed by atoms with van der Waals surface area (Å²) in [7, 11) is 1.94. The third-order valence-corrected chi connectivity index (χ3v) is 4.59. The van der Waals surface area contributed by atoms with Crippen LogP contribution in [0.15, 0.2) is 42.5 Å². The topological polar surface area (TPSA) is 21.3 Å². The Morgan fingerprint density at radius 3 is 2.81 bits per heavy atom. The van der Waals surface area contributed by atoms with Gasteiger partial charge in [-0.2, -0.15) is 0 Å². The third kappa shape index (κ3) is 2.92. The van der Waals surface area contributed by atoms with E-state index in [1.165, 1.54) is 16.7 Å². The van der Waals surface area contributed by atoms with E-state index in [-0.39, 0.29) is 6.04 Å². The molecule has 2 atom stereocenters. The van der Waals surface area contributed by atoms with Crippen molar-refractivity contribution in [3.05, 3.63) is 64.2 Å². The van der Waals surface area contributed by atoms with Crippen LogP contribution in [0.25, 0.3) is 0 Å². The van der Waals surface area contributed by atoms with Crippen molar-refractivity contribution in [3.8, 4) is 5.75 Å². The van der Waals surface area contributed by atoms with Gasteiger partial charge in [0.15, 0.2) is 0 Å². The number of ether oxygens (including phenoxy) is 1. The fraction of sp³-hybridized carbons (Fsp3) is 0.333. The second-order valence-electron chi connectivity index (χ2n) is 5.61. The van der Waals surface area contributed by atoms with Crippen LogP contribution in [0.1, 0.15) is 35.6 Å². The van der Waals surface area contributed by atoms with Crippen molar-refractivity contribution < 1.29 is 4.74 Å². The van der Waals surface area contributed by atoms with Crippen molar-refractivity contribution >= 4 is 11.6 Å². The molecule has 21 heavy (non-hydrogen) atoms. The summed E-state index contributed by atoms with van der Waals surface area (Å²) in [5.74, 6) is 1.27. The minimum absolute atomic E-state index is 0.287.